The van der Waals surface area contributed by atoms with Crippen molar-refractivity contribution in [2.75, 3.05) is 20.6 Å². The Morgan fingerprint density at radius 3 is 2.48 bits per heavy atom. The second-order valence-electron chi connectivity index (χ2n) is 7.32. The highest BCUT2D eigenvalue weighted by Gasteiger charge is 2.16. The van der Waals surface area contributed by atoms with Crippen LogP contribution in [0.2, 0.25) is 0 Å². The third-order valence-corrected chi connectivity index (χ3v) is 4.83. The van der Waals surface area contributed by atoms with Crippen molar-refractivity contribution in [1.29, 1.82) is 0 Å². The molecule has 1 amide bonds. The zero-order valence-electron chi connectivity index (χ0n) is 17.0. The molecule has 2 aromatic carbocycles. The second-order valence-corrected chi connectivity index (χ2v) is 7.32. The molecule has 1 N–H and O–H groups in total. The van der Waals surface area contributed by atoms with Crippen molar-refractivity contribution in [2.24, 2.45) is 0 Å². The molecule has 5 nitrogen and oxygen atoms in total. The molecule has 152 valence electrons. The Kier molecular flexibility index (Phi) is 6.77. The van der Waals surface area contributed by atoms with Crippen molar-refractivity contribution in [3.05, 3.63) is 77.6 Å². The van der Waals surface area contributed by atoms with Gasteiger partial charge in [-0.2, -0.15) is 0 Å². The molecule has 1 unspecified atom stereocenters. The van der Waals surface area contributed by atoms with Gasteiger partial charge in [-0.3, -0.25) is 4.79 Å². The number of amides is 1. The largest absolute Gasteiger partial charge is 0.441 e. The number of hydrogen-bond acceptors (Lipinski definition) is 4. The van der Waals surface area contributed by atoms with Gasteiger partial charge in [0, 0.05) is 24.9 Å². The summed E-state index contributed by atoms with van der Waals surface area (Å²) >= 11 is 0. The third kappa shape index (κ3) is 5.74. The summed E-state index contributed by atoms with van der Waals surface area (Å²) in [6, 6.07) is 14.3. The molecule has 1 heterocycles. The summed E-state index contributed by atoms with van der Waals surface area (Å²) in [7, 11) is 3.86. The number of nitrogens with one attached hydrogen (secondary N) is 1. The van der Waals surface area contributed by atoms with Gasteiger partial charge in [0.2, 0.25) is 5.91 Å². The number of halogens is 1. The average molecular weight is 395 g/mol. The van der Waals surface area contributed by atoms with Gasteiger partial charge in [0.15, 0.2) is 11.7 Å². The van der Waals surface area contributed by atoms with Crippen molar-refractivity contribution in [2.45, 2.75) is 25.8 Å². The zero-order valence-corrected chi connectivity index (χ0v) is 17.0. The summed E-state index contributed by atoms with van der Waals surface area (Å²) in [5.41, 5.74) is 3.10. The third-order valence-electron chi connectivity index (χ3n) is 4.83. The number of nitrogens with zero attached hydrogens (tertiary/aromatic N) is 2. The quantitative estimate of drug-likeness (QED) is 0.623. The first-order valence-corrected chi connectivity index (χ1v) is 9.62. The highest BCUT2D eigenvalue weighted by molar-refractivity contribution is 5.76. The lowest BCUT2D eigenvalue weighted by Gasteiger charge is -2.25. The summed E-state index contributed by atoms with van der Waals surface area (Å²) < 4.78 is 18.9. The number of benzene rings is 2. The van der Waals surface area contributed by atoms with Crippen molar-refractivity contribution in [3.8, 4) is 11.3 Å². The fourth-order valence-electron chi connectivity index (χ4n) is 3.08. The zero-order chi connectivity index (χ0) is 20.8. The fraction of sp³-hybridized carbons (Fsp3) is 0.304. The van der Waals surface area contributed by atoms with Crippen molar-refractivity contribution in [1.82, 2.24) is 15.2 Å². The van der Waals surface area contributed by atoms with E-state index in [4.69, 9.17) is 4.42 Å². The Balaban J connectivity index is 1.51. The molecule has 0 saturated carbocycles. The van der Waals surface area contributed by atoms with Crippen LogP contribution in [0.15, 0.2) is 59.1 Å². The Hall–Kier alpha value is -2.99. The molecule has 0 saturated heterocycles. The van der Waals surface area contributed by atoms with E-state index in [1.54, 1.807) is 18.3 Å². The molecule has 0 fully saturated rings. The van der Waals surface area contributed by atoms with E-state index in [1.807, 2.05) is 50.2 Å². The molecule has 1 aromatic heterocycles. The smallest absolute Gasteiger partial charge is 0.220 e. The Morgan fingerprint density at radius 2 is 1.83 bits per heavy atom. The molecule has 0 spiro atoms. The van der Waals surface area contributed by atoms with E-state index in [2.05, 4.69) is 10.3 Å². The number of oxazole rings is 1. The van der Waals surface area contributed by atoms with Gasteiger partial charge in [-0.1, -0.05) is 42.0 Å². The normalized spacial score (nSPS) is 12.2. The van der Waals surface area contributed by atoms with Crippen molar-refractivity contribution >= 4 is 5.91 Å². The minimum Gasteiger partial charge on any atom is -0.441 e. The molecule has 0 radical (unpaired) electrons. The molecule has 6 heteroatoms. The monoisotopic (exact) mass is 395 g/mol. The van der Waals surface area contributed by atoms with Crippen LogP contribution in [0.1, 0.15) is 29.5 Å². The topological polar surface area (TPSA) is 58.4 Å². The van der Waals surface area contributed by atoms with E-state index in [-0.39, 0.29) is 24.2 Å². The van der Waals surface area contributed by atoms with Gasteiger partial charge in [0.05, 0.1) is 12.2 Å². The summed E-state index contributed by atoms with van der Waals surface area (Å²) in [5, 5.41) is 2.95. The number of hydrogen-bond donors (Lipinski definition) is 1. The van der Waals surface area contributed by atoms with Crippen LogP contribution in [0.5, 0.6) is 0 Å². The first-order valence-electron chi connectivity index (χ1n) is 9.62. The van der Waals surface area contributed by atoms with Gasteiger partial charge in [-0.15, -0.1) is 0 Å². The van der Waals surface area contributed by atoms with E-state index in [0.29, 0.717) is 24.6 Å². The minimum atomic E-state index is -0.272. The van der Waals surface area contributed by atoms with Crippen molar-refractivity contribution in [3.63, 3.8) is 0 Å². The highest BCUT2D eigenvalue weighted by Crippen LogP contribution is 2.21. The van der Waals surface area contributed by atoms with Crippen molar-refractivity contribution < 1.29 is 13.6 Å². The average Bonchev–Trinajstić information content (AvgIpc) is 3.17. The summed E-state index contributed by atoms with van der Waals surface area (Å²) in [6.45, 7) is 2.48. The standard InChI is InChI=1S/C23H26FN3O2/c1-16-4-6-18(7-5-16)21-15-26-23(29-21)13-12-22(28)25-14-20(27(2)3)17-8-10-19(24)11-9-17/h4-11,15,20H,12-14H2,1-3H3,(H,25,28). The van der Waals surface area contributed by atoms with Crippen LogP contribution in [0.3, 0.4) is 0 Å². The van der Waals surface area contributed by atoms with Gasteiger partial charge >= 0.3 is 0 Å². The molecule has 3 rings (SSSR count). The van der Waals surface area contributed by atoms with E-state index < -0.39 is 0 Å². The molecular weight excluding hydrogens is 369 g/mol. The van der Waals surface area contributed by atoms with Gasteiger partial charge in [0.25, 0.3) is 0 Å². The molecule has 3 aromatic rings. The van der Waals surface area contributed by atoms with E-state index in [9.17, 15) is 9.18 Å². The first kappa shape index (κ1) is 20.7. The molecular formula is C23H26FN3O2. The number of carbonyl (C=O) groups excluding carboxylic acids is 1. The maximum atomic E-state index is 13.2. The van der Waals surface area contributed by atoms with Crippen LogP contribution >= 0.6 is 0 Å². The van der Waals surface area contributed by atoms with Crippen LogP contribution in [-0.2, 0) is 11.2 Å². The van der Waals surface area contributed by atoms with Gasteiger partial charge < -0.3 is 14.6 Å². The van der Waals surface area contributed by atoms with E-state index >= 15 is 0 Å². The Bertz CT molecular complexity index is 934. The maximum Gasteiger partial charge on any atom is 0.220 e. The Morgan fingerprint density at radius 1 is 1.14 bits per heavy atom. The Labute approximate surface area is 170 Å². The van der Waals surface area contributed by atoms with Crippen LogP contribution in [0.25, 0.3) is 11.3 Å². The maximum absolute atomic E-state index is 13.2. The summed E-state index contributed by atoms with van der Waals surface area (Å²) in [6.07, 6.45) is 2.41. The lowest BCUT2D eigenvalue weighted by atomic mass is 10.1. The molecule has 29 heavy (non-hydrogen) atoms. The van der Waals surface area contributed by atoms with E-state index in [0.717, 1.165) is 11.1 Å². The number of carbonyl (C=O) groups is 1. The molecule has 0 aliphatic heterocycles. The van der Waals surface area contributed by atoms with Gasteiger partial charge in [-0.05, 0) is 38.7 Å². The lowest BCUT2D eigenvalue weighted by molar-refractivity contribution is -0.121. The summed E-state index contributed by atoms with van der Waals surface area (Å²) in [5.74, 6) is 0.892. The second kappa shape index (κ2) is 9.47. The number of aromatic nitrogens is 1. The molecule has 1 atom stereocenters. The molecule has 0 bridgehead atoms. The number of aryl methyl sites for hydroxylation is 2. The van der Waals surface area contributed by atoms with E-state index in [1.165, 1.54) is 17.7 Å². The van der Waals surface area contributed by atoms with Crippen LogP contribution < -0.4 is 5.32 Å². The fourth-order valence-corrected chi connectivity index (χ4v) is 3.08. The van der Waals surface area contributed by atoms with Crippen LogP contribution in [-0.4, -0.2) is 36.4 Å². The highest BCUT2D eigenvalue weighted by atomic mass is 19.1. The number of likely N-dealkylation sites (N-methyl/N-ethyl adjacent to an activating group) is 1. The minimum absolute atomic E-state index is 0.0329. The van der Waals surface area contributed by atoms with Crippen LogP contribution in [0, 0.1) is 12.7 Å². The predicted octanol–water partition coefficient (Wildman–Crippen LogP) is 4.14. The predicted molar refractivity (Wildman–Crippen MR) is 111 cm³/mol. The first-order chi connectivity index (χ1) is 13.9. The van der Waals surface area contributed by atoms with Crippen LogP contribution in [0.4, 0.5) is 4.39 Å². The van der Waals surface area contributed by atoms with Gasteiger partial charge in [0.1, 0.15) is 5.82 Å². The molecule has 0 aliphatic rings. The number of rotatable bonds is 8. The SMILES string of the molecule is Cc1ccc(-c2cnc(CCC(=O)NCC(c3ccc(F)cc3)N(C)C)o2)cc1. The molecule has 0 aliphatic carbocycles. The lowest BCUT2D eigenvalue weighted by Crippen LogP contribution is -2.34. The van der Waals surface area contributed by atoms with Gasteiger partial charge in [-0.25, -0.2) is 9.37 Å². The summed E-state index contributed by atoms with van der Waals surface area (Å²) in [4.78, 5) is 18.6.